The Hall–Kier alpha value is -0.440. The van der Waals surface area contributed by atoms with Gasteiger partial charge in [-0.1, -0.05) is 54.6 Å². The molecule has 0 aliphatic rings. The number of hydrogen-bond donors (Lipinski definition) is 1. The third-order valence-corrected chi connectivity index (χ3v) is 3.03. The third kappa shape index (κ3) is 5.15. The molecule has 0 radical (unpaired) electrons. The number of nitrogens with one attached hydrogen (secondary N) is 1. The third-order valence-electron chi connectivity index (χ3n) is 2.21. The Morgan fingerprint density at radius 2 is 1.82 bits per heavy atom. The van der Waals surface area contributed by atoms with E-state index in [4.69, 9.17) is 34.8 Å². The maximum absolute atomic E-state index is 5.99. The molecule has 5 heteroatoms. The summed E-state index contributed by atoms with van der Waals surface area (Å²) in [5.41, 5.74) is 3.42. The Morgan fingerprint density at radius 1 is 1.18 bits per heavy atom. The van der Waals surface area contributed by atoms with Crippen LogP contribution >= 0.6 is 34.8 Å². The van der Waals surface area contributed by atoms with Crippen molar-refractivity contribution in [3.8, 4) is 0 Å². The summed E-state index contributed by atoms with van der Waals surface area (Å²) in [7, 11) is 0. The summed E-state index contributed by atoms with van der Waals surface area (Å²) in [6.07, 6.45) is 6.34. The Bertz CT molecular complexity index is 368. The van der Waals surface area contributed by atoms with Crippen molar-refractivity contribution < 1.29 is 0 Å². The summed E-state index contributed by atoms with van der Waals surface area (Å²) >= 11 is 17.8. The zero-order chi connectivity index (χ0) is 12.7. The van der Waals surface area contributed by atoms with Gasteiger partial charge in [0.1, 0.15) is 0 Å². The van der Waals surface area contributed by atoms with Gasteiger partial charge in [-0.15, -0.1) is 0 Å². The van der Waals surface area contributed by atoms with Crippen LogP contribution in [-0.4, -0.2) is 6.21 Å². The lowest BCUT2D eigenvalue weighted by molar-refractivity contribution is 0.746. The van der Waals surface area contributed by atoms with E-state index in [1.165, 1.54) is 12.8 Å². The van der Waals surface area contributed by atoms with Crippen molar-refractivity contribution in [2.24, 2.45) is 5.10 Å². The van der Waals surface area contributed by atoms with E-state index in [1.54, 1.807) is 12.1 Å². The lowest BCUT2D eigenvalue weighted by Gasteiger charge is -2.06. The zero-order valence-corrected chi connectivity index (χ0v) is 11.9. The first-order valence-corrected chi connectivity index (χ1v) is 6.70. The van der Waals surface area contributed by atoms with Crippen LogP contribution in [-0.2, 0) is 0 Å². The topological polar surface area (TPSA) is 24.4 Å². The highest BCUT2D eigenvalue weighted by atomic mass is 35.5. The van der Waals surface area contributed by atoms with Crippen molar-refractivity contribution in [1.29, 1.82) is 0 Å². The molecule has 1 N–H and O–H groups in total. The van der Waals surface area contributed by atoms with Crippen LogP contribution in [0.25, 0.3) is 0 Å². The zero-order valence-electron chi connectivity index (χ0n) is 9.64. The number of benzene rings is 1. The number of halogens is 3. The number of hydrogen-bond acceptors (Lipinski definition) is 2. The Balaban J connectivity index is 2.52. The second-order valence-electron chi connectivity index (χ2n) is 3.66. The second kappa shape index (κ2) is 7.80. The van der Waals surface area contributed by atoms with Gasteiger partial charge in [0, 0.05) is 11.2 Å². The van der Waals surface area contributed by atoms with Gasteiger partial charge < -0.3 is 0 Å². The molecule has 0 fully saturated rings. The van der Waals surface area contributed by atoms with Gasteiger partial charge in [0.05, 0.1) is 15.7 Å². The van der Waals surface area contributed by atoms with Crippen molar-refractivity contribution in [2.75, 3.05) is 5.43 Å². The van der Waals surface area contributed by atoms with Crippen molar-refractivity contribution in [1.82, 2.24) is 0 Å². The van der Waals surface area contributed by atoms with Crippen LogP contribution in [0.1, 0.15) is 32.6 Å². The molecule has 0 spiro atoms. The van der Waals surface area contributed by atoms with Crippen LogP contribution in [0.2, 0.25) is 15.1 Å². The van der Waals surface area contributed by atoms with Crippen LogP contribution in [0, 0.1) is 0 Å². The average molecular weight is 294 g/mol. The van der Waals surface area contributed by atoms with E-state index >= 15 is 0 Å². The SMILES string of the molecule is CCCCCC=NNc1c(Cl)cc(Cl)cc1Cl. The van der Waals surface area contributed by atoms with Crippen LogP contribution in [0.3, 0.4) is 0 Å². The minimum Gasteiger partial charge on any atom is -0.276 e. The van der Waals surface area contributed by atoms with Crippen LogP contribution in [0.5, 0.6) is 0 Å². The molecular weight excluding hydrogens is 279 g/mol. The summed E-state index contributed by atoms with van der Waals surface area (Å²) in [4.78, 5) is 0. The standard InChI is InChI=1S/C12H15Cl3N2/c1-2-3-4-5-6-16-17-12-10(14)7-9(13)8-11(12)15/h6-8,17H,2-5H2,1H3. The molecule has 94 valence electrons. The quantitative estimate of drug-likeness (QED) is 0.410. The van der Waals surface area contributed by atoms with Gasteiger partial charge in [-0.25, -0.2) is 0 Å². The van der Waals surface area contributed by atoms with Gasteiger partial charge >= 0.3 is 0 Å². The number of unbranched alkanes of at least 4 members (excludes halogenated alkanes) is 3. The Morgan fingerprint density at radius 3 is 2.41 bits per heavy atom. The highest BCUT2D eigenvalue weighted by Crippen LogP contribution is 2.33. The minimum atomic E-state index is 0.466. The smallest absolute Gasteiger partial charge is 0.0935 e. The maximum atomic E-state index is 5.99. The van der Waals surface area contributed by atoms with E-state index < -0.39 is 0 Å². The number of nitrogens with zero attached hydrogens (tertiary/aromatic N) is 1. The summed E-state index contributed by atoms with van der Waals surface area (Å²) in [5.74, 6) is 0. The van der Waals surface area contributed by atoms with Gasteiger partial charge in [-0.2, -0.15) is 5.10 Å². The molecule has 1 rings (SSSR count). The first-order chi connectivity index (χ1) is 8.15. The second-order valence-corrected chi connectivity index (χ2v) is 4.91. The van der Waals surface area contributed by atoms with Crippen LogP contribution < -0.4 is 5.43 Å². The molecular formula is C12H15Cl3N2. The van der Waals surface area contributed by atoms with Crippen molar-refractivity contribution in [2.45, 2.75) is 32.6 Å². The maximum Gasteiger partial charge on any atom is 0.0935 e. The van der Waals surface area contributed by atoms with Gasteiger partial charge in [0.2, 0.25) is 0 Å². The van der Waals surface area contributed by atoms with Gasteiger partial charge in [-0.3, -0.25) is 5.43 Å². The summed E-state index contributed by atoms with van der Waals surface area (Å²) in [6.45, 7) is 2.17. The lowest BCUT2D eigenvalue weighted by atomic mass is 10.2. The van der Waals surface area contributed by atoms with Gasteiger partial charge in [0.25, 0.3) is 0 Å². The van der Waals surface area contributed by atoms with E-state index in [2.05, 4.69) is 17.5 Å². The van der Waals surface area contributed by atoms with Gasteiger partial charge in [-0.05, 0) is 25.0 Å². The largest absolute Gasteiger partial charge is 0.276 e. The molecule has 0 saturated carbocycles. The summed E-state index contributed by atoms with van der Waals surface area (Å²) in [5, 5.41) is 5.52. The van der Waals surface area contributed by atoms with Crippen molar-refractivity contribution in [3.63, 3.8) is 0 Å². The first-order valence-electron chi connectivity index (χ1n) is 5.57. The van der Waals surface area contributed by atoms with Gasteiger partial charge in [0.15, 0.2) is 0 Å². The first kappa shape index (κ1) is 14.6. The predicted octanol–water partition coefficient (Wildman–Crippen LogP) is 5.62. The molecule has 0 aliphatic carbocycles. The van der Waals surface area contributed by atoms with E-state index in [9.17, 15) is 0 Å². The molecule has 0 bridgehead atoms. The molecule has 0 saturated heterocycles. The van der Waals surface area contributed by atoms with Crippen LogP contribution in [0.4, 0.5) is 5.69 Å². The van der Waals surface area contributed by atoms with E-state index in [-0.39, 0.29) is 0 Å². The average Bonchev–Trinajstić information content (AvgIpc) is 2.26. The monoisotopic (exact) mass is 292 g/mol. The molecule has 0 unspecified atom stereocenters. The van der Waals surface area contributed by atoms with E-state index in [0.29, 0.717) is 20.8 Å². The molecule has 0 atom stereocenters. The van der Waals surface area contributed by atoms with E-state index in [1.807, 2.05) is 6.21 Å². The summed E-state index contributed by atoms with van der Waals surface area (Å²) < 4.78 is 0. The number of rotatable bonds is 6. The predicted molar refractivity (Wildman–Crippen MR) is 77.7 cm³/mol. The van der Waals surface area contributed by atoms with Crippen molar-refractivity contribution in [3.05, 3.63) is 27.2 Å². The molecule has 0 aliphatic heterocycles. The molecule has 1 aromatic carbocycles. The normalized spacial score (nSPS) is 11.1. The fourth-order valence-electron chi connectivity index (χ4n) is 1.31. The molecule has 0 heterocycles. The molecule has 17 heavy (non-hydrogen) atoms. The van der Waals surface area contributed by atoms with E-state index in [0.717, 1.165) is 12.8 Å². The Kier molecular flexibility index (Phi) is 6.71. The van der Waals surface area contributed by atoms with Crippen molar-refractivity contribution >= 4 is 46.7 Å². The van der Waals surface area contributed by atoms with Crippen LogP contribution in [0.15, 0.2) is 17.2 Å². The highest BCUT2D eigenvalue weighted by molar-refractivity contribution is 6.41. The number of anilines is 1. The fourth-order valence-corrected chi connectivity index (χ4v) is 2.21. The Labute approximate surface area is 117 Å². The number of hydrazone groups is 1. The summed E-state index contributed by atoms with van der Waals surface area (Å²) in [6, 6.07) is 3.26. The lowest BCUT2D eigenvalue weighted by Crippen LogP contribution is -1.92. The fraction of sp³-hybridized carbons (Fsp3) is 0.417. The molecule has 2 nitrogen and oxygen atoms in total. The molecule has 1 aromatic rings. The minimum absolute atomic E-state index is 0.466. The highest BCUT2D eigenvalue weighted by Gasteiger charge is 2.06. The molecule has 0 aromatic heterocycles. The molecule has 0 amide bonds.